The maximum Gasteiger partial charge on any atom is 0.209 e. The van der Waals surface area contributed by atoms with Gasteiger partial charge in [-0.05, 0) is 36.6 Å². The molecule has 1 fully saturated rings. The molecule has 6 nitrogen and oxygen atoms in total. The van der Waals surface area contributed by atoms with Gasteiger partial charge in [-0.2, -0.15) is 5.26 Å². The summed E-state index contributed by atoms with van der Waals surface area (Å²) in [5, 5.41) is 14.5. The molecule has 2 aromatic carbocycles. The van der Waals surface area contributed by atoms with E-state index in [0.29, 0.717) is 6.61 Å². The van der Waals surface area contributed by atoms with E-state index in [-0.39, 0.29) is 6.10 Å². The number of hydrogen-bond donors (Lipinski definition) is 1. The van der Waals surface area contributed by atoms with Crippen molar-refractivity contribution in [3.63, 3.8) is 0 Å². The van der Waals surface area contributed by atoms with Gasteiger partial charge in [0.25, 0.3) is 0 Å². The fourth-order valence-corrected chi connectivity index (χ4v) is 5.47. The molecule has 1 aromatic heterocycles. The third-order valence-electron chi connectivity index (χ3n) is 6.09. The summed E-state index contributed by atoms with van der Waals surface area (Å²) in [5.41, 5.74) is 2.11. The first-order valence-electron chi connectivity index (χ1n) is 10.9. The molecule has 0 saturated carbocycles. The van der Waals surface area contributed by atoms with Gasteiger partial charge in [-0.3, -0.25) is 4.90 Å². The molecular weight excluding hydrogens is 418 g/mol. The fourth-order valence-electron chi connectivity index (χ4n) is 4.40. The van der Waals surface area contributed by atoms with Crippen LogP contribution in [0.4, 0.5) is 0 Å². The molecular formula is C25H25N5OS. The molecule has 0 bridgehead atoms. The van der Waals surface area contributed by atoms with E-state index in [9.17, 15) is 5.26 Å². The molecule has 3 heterocycles. The summed E-state index contributed by atoms with van der Waals surface area (Å²) in [6, 6.07) is 20.8. The quantitative estimate of drug-likeness (QED) is 0.610. The van der Waals surface area contributed by atoms with Crippen LogP contribution in [-0.4, -0.2) is 41.1 Å². The van der Waals surface area contributed by atoms with E-state index in [2.05, 4.69) is 28.4 Å². The number of rotatable bonds is 6. The maximum atomic E-state index is 10.2. The third kappa shape index (κ3) is 4.05. The standard InChI is InChI=1S/C25H25N5OS/c26-17-21(24-29-22-9-4-5-10-23(22)32-24)25(27-13-6-14-28-25)30-15-11-20(12-16-30)31-18-19-7-2-1-3-8-19/h1-10,13-14,20-21,27H,11-12,15-16,18H2. The lowest BCUT2D eigenvalue weighted by Gasteiger charge is -2.46. The average molecular weight is 444 g/mol. The molecule has 5 rings (SSSR count). The van der Waals surface area contributed by atoms with Crippen molar-refractivity contribution in [1.29, 1.82) is 5.26 Å². The van der Waals surface area contributed by atoms with Crippen molar-refractivity contribution in [3.8, 4) is 6.07 Å². The number of hydrogen-bond acceptors (Lipinski definition) is 7. The van der Waals surface area contributed by atoms with Crippen LogP contribution in [0.5, 0.6) is 0 Å². The highest BCUT2D eigenvalue weighted by molar-refractivity contribution is 7.18. The Morgan fingerprint density at radius 3 is 2.66 bits per heavy atom. The van der Waals surface area contributed by atoms with Gasteiger partial charge < -0.3 is 10.1 Å². The highest BCUT2D eigenvalue weighted by Gasteiger charge is 2.47. The number of aromatic nitrogens is 1. The second-order valence-electron chi connectivity index (χ2n) is 8.07. The molecule has 162 valence electrons. The minimum atomic E-state index is -0.859. The topological polar surface area (TPSA) is 73.5 Å². The number of likely N-dealkylation sites (tertiary alicyclic amines) is 1. The third-order valence-corrected chi connectivity index (χ3v) is 7.19. The molecule has 0 aliphatic carbocycles. The van der Waals surface area contributed by atoms with Crippen molar-refractivity contribution in [1.82, 2.24) is 15.2 Å². The van der Waals surface area contributed by atoms with Crippen molar-refractivity contribution in [2.24, 2.45) is 4.99 Å². The summed E-state index contributed by atoms with van der Waals surface area (Å²) in [6.45, 7) is 2.21. The van der Waals surface area contributed by atoms with Gasteiger partial charge in [-0.25, -0.2) is 9.98 Å². The number of nitrogens with one attached hydrogen (secondary N) is 1. The van der Waals surface area contributed by atoms with Crippen molar-refractivity contribution in [2.45, 2.75) is 37.3 Å². The molecule has 2 aliphatic rings. The average Bonchev–Trinajstić information content (AvgIpc) is 3.28. The summed E-state index contributed by atoms with van der Waals surface area (Å²) in [6.07, 6.45) is 7.52. The normalized spacial score (nSPS) is 22.5. The Kier molecular flexibility index (Phi) is 5.99. The van der Waals surface area contributed by atoms with Crippen LogP contribution < -0.4 is 5.32 Å². The van der Waals surface area contributed by atoms with E-state index in [1.54, 1.807) is 17.6 Å². The van der Waals surface area contributed by atoms with Crippen LogP contribution in [0.25, 0.3) is 10.2 Å². The minimum absolute atomic E-state index is 0.203. The Morgan fingerprint density at radius 1 is 1.16 bits per heavy atom. The number of fused-ring (bicyclic) bond motifs is 1. The monoisotopic (exact) mass is 443 g/mol. The van der Waals surface area contributed by atoms with Crippen LogP contribution in [-0.2, 0) is 11.3 Å². The van der Waals surface area contributed by atoms with Crippen LogP contribution in [0.3, 0.4) is 0 Å². The number of piperidine rings is 1. The lowest BCUT2D eigenvalue weighted by atomic mass is 9.96. The lowest BCUT2D eigenvalue weighted by Crippen LogP contribution is -2.62. The molecule has 0 spiro atoms. The number of nitriles is 1. The number of para-hydroxylation sites is 1. The van der Waals surface area contributed by atoms with Crippen molar-refractivity contribution in [3.05, 3.63) is 77.4 Å². The van der Waals surface area contributed by atoms with Crippen LogP contribution in [0.2, 0.25) is 0 Å². The molecule has 2 atom stereocenters. The molecule has 2 unspecified atom stereocenters. The number of nitrogens with zero attached hydrogens (tertiary/aromatic N) is 4. The Balaban J connectivity index is 1.34. The minimum Gasteiger partial charge on any atom is -0.373 e. The fraction of sp³-hybridized carbons (Fsp3) is 0.320. The summed E-state index contributed by atoms with van der Waals surface area (Å²) >= 11 is 1.57. The van der Waals surface area contributed by atoms with Crippen LogP contribution >= 0.6 is 11.3 Å². The lowest BCUT2D eigenvalue weighted by molar-refractivity contribution is -0.0383. The van der Waals surface area contributed by atoms with E-state index in [0.717, 1.165) is 41.2 Å². The van der Waals surface area contributed by atoms with Crippen LogP contribution in [0, 0.1) is 11.3 Å². The molecule has 1 saturated heterocycles. The van der Waals surface area contributed by atoms with Gasteiger partial charge >= 0.3 is 0 Å². The Morgan fingerprint density at radius 2 is 1.94 bits per heavy atom. The zero-order valence-corrected chi connectivity index (χ0v) is 18.5. The first kappa shape index (κ1) is 20.8. The molecule has 7 heteroatoms. The number of aliphatic imine (C=N–C) groups is 1. The molecule has 1 N–H and O–H groups in total. The molecule has 3 aromatic rings. The zero-order chi connectivity index (χ0) is 21.8. The number of benzene rings is 2. The largest absolute Gasteiger partial charge is 0.373 e. The van der Waals surface area contributed by atoms with Crippen molar-refractivity contribution >= 4 is 27.8 Å². The number of allylic oxidation sites excluding steroid dienone is 1. The SMILES string of the molecule is N#CC(c1nc2ccccc2s1)C1(N2CCC(OCc3ccccc3)CC2)N=CC=CN1. The van der Waals surface area contributed by atoms with Crippen LogP contribution in [0.1, 0.15) is 29.3 Å². The van der Waals surface area contributed by atoms with E-state index in [1.807, 2.05) is 54.7 Å². The van der Waals surface area contributed by atoms with Gasteiger partial charge in [-0.15, -0.1) is 11.3 Å². The summed E-state index contributed by atoms with van der Waals surface area (Å²) < 4.78 is 7.26. The summed E-state index contributed by atoms with van der Waals surface area (Å²) in [4.78, 5) is 11.9. The van der Waals surface area contributed by atoms with Gasteiger partial charge in [0.2, 0.25) is 5.79 Å². The first-order valence-corrected chi connectivity index (χ1v) is 11.7. The zero-order valence-electron chi connectivity index (χ0n) is 17.7. The predicted molar refractivity (Wildman–Crippen MR) is 127 cm³/mol. The van der Waals surface area contributed by atoms with E-state index < -0.39 is 11.7 Å². The molecule has 2 aliphatic heterocycles. The second-order valence-corrected chi connectivity index (χ2v) is 9.13. The van der Waals surface area contributed by atoms with Gasteiger partial charge in [0.05, 0.1) is 29.0 Å². The van der Waals surface area contributed by atoms with Crippen molar-refractivity contribution in [2.75, 3.05) is 13.1 Å². The summed E-state index contributed by atoms with van der Waals surface area (Å²) in [5.74, 6) is -1.38. The van der Waals surface area contributed by atoms with Crippen molar-refractivity contribution < 1.29 is 4.74 Å². The van der Waals surface area contributed by atoms with Crippen LogP contribution in [0.15, 0.2) is 71.9 Å². The number of ether oxygens (including phenoxy) is 1. The van der Waals surface area contributed by atoms with Gasteiger partial charge in [0, 0.05) is 25.5 Å². The molecule has 0 amide bonds. The maximum absolute atomic E-state index is 10.2. The smallest absolute Gasteiger partial charge is 0.209 e. The second kappa shape index (κ2) is 9.21. The molecule has 32 heavy (non-hydrogen) atoms. The highest BCUT2D eigenvalue weighted by atomic mass is 32.1. The first-order chi connectivity index (χ1) is 15.8. The summed E-state index contributed by atoms with van der Waals surface area (Å²) in [7, 11) is 0. The van der Waals surface area contributed by atoms with Gasteiger partial charge in [-0.1, -0.05) is 42.5 Å². The van der Waals surface area contributed by atoms with E-state index in [4.69, 9.17) is 14.7 Å². The van der Waals surface area contributed by atoms with Gasteiger partial charge in [0.15, 0.2) is 5.92 Å². The van der Waals surface area contributed by atoms with E-state index in [1.165, 1.54) is 5.56 Å². The van der Waals surface area contributed by atoms with Gasteiger partial charge in [0.1, 0.15) is 5.01 Å². The molecule has 0 radical (unpaired) electrons. The number of thiazole rings is 1. The predicted octanol–water partition coefficient (Wildman–Crippen LogP) is 4.43. The Hall–Kier alpha value is -3.05. The van der Waals surface area contributed by atoms with E-state index >= 15 is 0 Å². The highest BCUT2D eigenvalue weighted by Crippen LogP contribution is 2.38. The Labute approximate surface area is 191 Å². The Bertz CT molecular complexity index is 1130.